The minimum Gasteiger partial charge on any atom is -2.00 e. The summed E-state index contributed by atoms with van der Waals surface area (Å²) in [5, 5.41) is 0. The Morgan fingerprint density at radius 1 is 0.667 bits per heavy atom. The summed E-state index contributed by atoms with van der Waals surface area (Å²) in [6.45, 7) is 0. The van der Waals surface area contributed by atoms with Crippen LogP contribution in [0.25, 0.3) is 0 Å². The molecule has 2 N–H and O–H groups in total. The first-order valence-electron chi connectivity index (χ1n) is 0. The van der Waals surface area contributed by atoms with Crippen molar-refractivity contribution in [3.8, 4) is 0 Å². The van der Waals surface area contributed by atoms with Crippen molar-refractivity contribution in [1.82, 2.24) is 0 Å². The van der Waals surface area contributed by atoms with E-state index in [4.69, 9.17) is 0 Å². The molecular weight excluding hydrogens is 124 g/mol. The van der Waals surface area contributed by atoms with Gasteiger partial charge < -0.3 is 16.4 Å². The van der Waals surface area contributed by atoms with Gasteiger partial charge in [-0.25, -0.2) is 0 Å². The Kier molecular flexibility index (Phi) is 1100. The first-order valence-corrected chi connectivity index (χ1v) is 0. The molecule has 0 aliphatic rings. The molecule has 0 amide bonds. The zero-order valence-electron chi connectivity index (χ0n) is 3.29. The van der Waals surface area contributed by atoms with E-state index >= 15 is 0 Å². The summed E-state index contributed by atoms with van der Waals surface area (Å²) in [7, 11) is 0. The predicted molar refractivity (Wildman–Crippen MR) is 21.8 cm³/mol. The maximum Gasteiger partial charge on any atom is 3.00 e. The van der Waals surface area contributed by atoms with Crippen molar-refractivity contribution in [3.05, 3.63) is 0 Å². The van der Waals surface area contributed by atoms with E-state index in [-0.39, 0.29) is 79.9 Å². The Morgan fingerprint density at radius 2 is 0.667 bits per heavy atom. The van der Waals surface area contributed by atoms with Crippen molar-refractivity contribution < 1.29 is 16.4 Å². The van der Waals surface area contributed by atoms with E-state index in [2.05, 4.69) is 0 Å². The van der Waals surface area contributed by atoms with Crippen molar-refractivity contribution >= 4 is 63.5 Å². The molecule has 6 heavy (non-hydrogen) atoms. The van der Waals surface area contributed by atoms with Gasteiger partial charge in [-0.2, -0.15) is 0 Å². The zero-order chi connectivity index (χ0) is 0. The van der Waals surface area contributed by atoms with Gasteiger partial charge in [0.1, 0.15) is 0 Å². The summed E-state index contributed by atoms with van der Waals surface area (Å²) >= 11 is 0. The molecule has 0 heterocycles. The standard InChI is InChI=1S/Al.2Mg.2H2O.O/h;;;2*1H2;/q+3;2*+2;;;-2/p-2. The molecule has 0 fully saturated rings. The third-order valence-corrected chi connectivity index (χ3v) is 0. The molecule has 0 radical (unpaired) electrons. The van der Waals surface area contributed by atoms with Crippen LogP contribution < -0.4 is 0 Å². The van der Waals surface area contributed by atoms with Crippen LogP contribution in [0.5, 0.6) is 0 Å². The van der Waals surface area contributed by atoms with Gasteiger partial charge in [0.05, 0.1) is 0 Å². The van der Waals surface area contributed by atoms with Crippen LogP contribution in [0.1, 0.15) is 0 Å². The second kappa shape index (κ2) is 64.9. The van der Waals surface area contributed by atoms with Crippen molar-refractivity contribution in [2.45, 2.75) is 0 Å². The third kappa shape index (κ3) is 38.4. The Labute approximate surface area is 79.2 Å². The van der Waals surface area contributed by atoms with Crippen LogP contribution in [0, 0.1) is 0 Å². The van der Waals surface area contributed by atoms with Crippen molar-refractivity contribution in [2.24, 2.45) is 0 Å². The Bertz CT molecular complexity index is 8.75. The second-order valence-corrected chi connectivity index (χ2v) is 0. The van der Waals surface area contributed by atoms with E-state index in [1.54, 1.807) is 0 Å². The summed E-state index contributed by atoms with van der Waals surface area (Å²) in [5.41, 5.74) is 0. The third-order valence-electron chi connectivity index (χ3n) is 0. The Morgan fingerprint density at radius 3 is 0.667 bits per heavy atom. The van der Waals surface area contributed by atoms with Gasteiger partial charge >= 0.3 is 63.5 Å². The SMILES string of the molecule is [Al+3].[Mg+2].[Mg+2].[O-2].[OH-].[OH-]. The fourth-order valence-corrected chi connectivity index (χ4v) is 0. The van der Waals surface area contributed by atoms with E-state index in [0.29, 0.717) is 0 Å². The van der Waals surface area contributed by atoms with Gasteiger partial charge in [0.25, 0.3) is 0 Å². The molecular formula is H2AlMg2O3+3. The van der Waals surface area contributed by atoms with Crippen LogP contribution in [0.2, 0.25) is 0 Å². The van der Waals surface area contributed by atoms with Crippen molar-refractivity contribution in [2.75, 3.05) is 0 Å². The number of hydrogen-bond acceptors (Lipinski definition) is 2. The maximum absolute atomic E-state index is 0. The quantitative estimate of drug-likeness (QED) is 0.365. The predicted octanol–water partition coefficient (Wildman–Crippen LogP) is -1.61. The molecule has 0 aliphatic carbocycles. The normalized spacial score (nSPS) is 0. The monoisotopic (exact) mass is 125 g/mol. The average Bonchev–Trinajstić information content (AvgIpc) is 0. The molecule has 24 valence electrons. The van der Waals surface area contributed by atoms with Crippen LogP contribution in [0.15, 0.2) is 0 Å². The topological polar surface area (TPSA) is 88.5 Å². The smallest absolute Gasteiger partial charge is 2.00 e. The molecule has 0 saturated carbocycles. The van der Waals surface area contributed by atoms with Crippen LogP contribution in [0.4, 0.5) is 0 Å². The van der Waals surface area contributed by atoms with Gasteiger partial charge in [0, 0.05) is 0 Å². The van der Waals surface area contributed by atoms with Gasteiger partial charge in [-0.15, -0.1) is 0 Å². The molecule has 0 unspecified atom stereocenters. The van der Waals surface area contributed by atoms with Crippen LogP contribution in [0.3, 0.4) is 0 Å². The maximum atomic E-state index is 0. The van der Waals surface area contributed by atoms with Gasteiger partial charge in [-0.05, 0) is 0 Å². The van der Waals surface area contributed by atoms with E-state index in [0.717, 1.165) is 0 Å². The number of hydrogen-bond donors (Lipinski definition) is 0. The number of rotatable bonds is 0. The van der Waals surface area contributed by atoms with Gasteiger partial charge in [-0.1, -0.05) is 0 Å². The minimum absolute atomic E-state index is 0. The molecule has 0 saturated heterocycles. The Hall–Kier alpha value is 1.94. The Balaban J connectivity index is 0. The molecule has 6 heteroatoms. The molecule has 3 nitrogen and oxygen atoms in total. The molecule has 0 aliphatic heterocycles. The molecule has 0 aromatic carbocycles. The summed E-state index contributed by atoms with van der Waals surface area (Å²) in [5.74, 6) is 0. The summed E-state index contributed by atoms with van der Waals surface area (Å²) in [4.78, 5) is 0. The molecule has 0 aromatic heterocycles. The van der Waals surface area contributed by atoms with E-state index in [9.17, 15) is 0 Å². The summed E-state index contributed by atoms with van der Waals surface area (Å²) in [6.07, 6.45) is 0. The van der Waals surface area contributed by atoms with Crippen LogP contribution in [-0.4, -0.2) is 74.4 Å². The minimum atomic E-state index is 0. The fourth-order valence-electron chi connectivity index (χ4n) is 0. The molecule has 0 spiro atoms. The van der Waals surface area contributed by atoms with E-state index in [1.807, 2.05) is 0 Å². The second-order valence-electron chi connectivity index (χ2n) is 0. The molecule has 0 bridgehead atoms. The molecule has 0 rings (SSSR count). The zero-order valence-corrected chi connectivity index (χ0v) is 7.28. The first-order chi connectivity index (χ1) is 0. The van der Waals surface area contributed by atoms with Gasteiger partial charge in [-0.3, -0.25) is 0 Å². The summed E-state index contributed by atoms with van der Waals surface area (Å²) < 4.78 is 0. The average molecular weight is 126 g/mol. The summed E-state index contributed by atoms with van der Waals surface area (Å²) in [6, 6.07) is 0. The van der Waals surface area contributed by atoms with E-state index < -0.39 is 0 Å². The fraction of sp³-hybridized carbons (Fsp3) is 0. The van der Waals surface area contributed by atoms with Crippen molar-refractivity contribution in [3.63, 3.8) is 0 Å². The first kappa shape index (κ1) is 101. The largest absolute Gasteiger partial charge is 3.00 e. The molecule has 0 atom stereocenters. The van der Waals surface area contributed by atoms with Gasteiger partial charge in [0.15, 0.2) is 0 Å². The van der Waals surface area contributed by atoms with Crippen LogP contribution in [-0.2, 0) is 5.48 Å². The van der Waals surface area contributed by atoms with Gasteiger partial charge in [0.2, 0.25) is 0 Å². The van der Waals surface area contributed by atoms with E-state index in [1.165, 1.54) is 0 Å². The molecule has 0 aromatic rings. The van der Waals surface area contributed by atoms with Crippen LogP contribution >= 0.6 is 0 Å². The van der Waals surface area contributed by atoms with Crippen molar-refractivity contribution in [1.29, 1.82) is 0 Å².